The predicted molar refractivity (Wildman–Crippen MR) is 83.2 cm³/mol. The van der Waals surface area contributed by atoms with E-state index in [0.29, 0.717) is 21.3 Å². The van der Waals surface area contributed by atoms with Gasteiger partial charge in [0.2, 0.25) is 0 Å². The first-order valence-electron chi connectivity index (χ1n) is 6.74. The highest BCUT2D eigenvalue weighted by atomic mass is 79.9. The molecule has 0 aliphatic heterocycles. The van der Waals surface area contributed by atoms with Crippen molar-refractivity contribution in [3.05, 3.63) is 34.3 Å². The molecule has 0 heterocycles. The smallest absolute Gasteiger partial charge is 0.251 e. The first kappa shape index (κ1) is 14.9. The van der Waals surface area contributed by atoms with Crippen LogP contribution in [0, 0.1) is 12.8 Å². The standard InChI is InChI=1S/C15H19BrClNO/c1-10-5-6-12(8-14(10)17)15(19)18-9-11-3-2-4-13(16)7-11/h5-6,8,11,13H,2-4,7,9H2,1H3,(H,18,19). The van der Waals surface area contributed by atoms with E-state index < -0.39 is 0 Å². The molecule has 1 aliphatic rings. The Morgan fingerprint density at radius 2 is 2.26 bits per heavy atom. The summed E-state index contributed by atoms with van der Waals surface area (Å²) in [5, 5.41) is 3.66. The second-order valence-corrected chi connectivity index (χ2v) is 7.01. The topological polar surface area (TPSA) is 29.1 Å². The van der Waals surface area contributed by atoms with Crippen molar-refractivity contribution in [1.82, 2.24) is 5.32 Å². The number of alkyl halides is 1. The first-order chi connectivity index (χ1) is 9.06. The molecule has 2 unspecified atom stereocenters. The van der Waals surface area contributed by atoms with E-state index in [-0.39, 0.29) is 5.91 Å². The number of hydrogen-bond acceptors (Lipinski definition) is 1. The lowest BCUT2D eigenvalue weighted by atomic mass is 9.89. The average molecular weight is 345 g/mol. The molecule has 1 N–H and O–H groups in total. The molecule has 2 nitrogen and oxygen atoms in total. The van der Waals surface area contributed by atoms with Crippen molar-refractivity contribution in [3.63, 3.8) is 0 Å². The zero-order valence-electron chi connectivity index (χ0n) is 11.1. The van der Waals surface area contributed by atoms with Gasteiger partial charge in [0.15, 0.2) is 0 Å². The Balaban J connectivity index is 1.88. The number of benzene rings is 1. The summed E-state index contributed by atoms with van der Waals surface area (Å²) < 4.78 is 0. The van der Waals surface area contributed by atoms with Gasteiger partial charge >= 0.3 is 0 Å². The maximum absolute atomic E-state index is 12.1. The molecule has 1 amide bonds. The van der Waals surface area contributed by atoms with Crippen molar-refractivity contribution < 1.29 is 4.79 Å². The second kappa shape index (κ2) is 6.76. The zero-order chi connectivity index (χ0) is 13.8. The average Bonchev–Trinajstić information content (AvgIpc) is 2.39. The van der Waals surface area contributed by atoms with Gasteiger partial charge in [0.25, 0.3) is 5.91 Å². The van der Waals surface area contributed by atoms with Crippen LogP contribution in [0.15, 0.2) is 18.2 Å². The molecule has 104 valence electrons. The maximum atomic E-state index is 12.1. The van der Waals surface area contributed by atoms with Crippen LogP contribution in [0.4, 0.5) is 0 Å². The van der Waals surface area contributed by atoms with Crippen LogP contribution in [0.25, 0.3) is 0 Å². The van der Waals surface area contributed by atoms with Gasteiger partial charge in [-0.2, -0.15) is 0 Å². The number of carbonyl (C=O) groups excluding carboxylic acids is 1. The quantitative estimate of drug-likeness (QED) is 0.812. The van der Waals surface area contributed by atoms with Crippen molar-refractivity contribution in [2.75, 3.05) is 6.54 Å². The summed E-state index contributed by atoms with van der Waals surface area (Å²) in [6, 6.07) is 5.44. The lowest BCUT2D eigenvalue weighted by Gasteiger charge is -2.25. The number of rotatable bonds is 3. The van der Waals surface area contributed by atoms with Crippen LogP contribution in [0.1, 0.15) is 41.6 Å². The third kappa shape index (κ3) is 4.22. The van der Waals surface area contributed by atoms with Crippen molar-refractivity contribution in [3.8, 4) is 0 Å². The summed E-state index contributed by atoms with van der Waals surface area (Å²) in [4.78, 5) is 12.7. The first-order valence-corrected chi connectivity index (χ1v) is 8.04. The van der Waals surface area contributed by atoms with Crippen molar-refractivity contribution in [2.45, 2.75) is 37.4 Å². The molecular formula is C15H19BrClNO. The molecule has 0 bridgehead atoms. The molecule has 1 fully saturated rings. The third-order valence-corrected chi connectivity index (χ3v) is 4.94. The van der Waals surface area contributed by atoms with Gasteiger partial charge in [0.1, 0.15) is 0 Å². The van der Waals surface area contributed by atoms with Crippen LogP contribution < -0.4 is 5.32 Å². The number of hydrogen-bond donors (Lipinski definition) is 1. The molecule has 4 heteroatoms. The van der Waals surface area contributed by atoms with Crippen LogP contribution >= 0.6 is 27.5 Å². The normalized spacial score (nSPS) is 23.1. The fourth-order valence-corrected chi connectivity index (χ4v) is 3.52. The number of halogens is 2. The molecule has 19 heavy (non-hydrogen) atoms. The zero-order valence-corrected chi connectivity index (χ0v) is 13.4. The van der Waals surface area contributed by atoms with Gasteiger partial charge in [-0.15, -0.1) is 0 Å². The highest BCUT2D eigenvalue weighted by Crippen LogP contribution is 2.28. The molecule has 0 radical (unpaired) electrons. The SMILES string of the molecule is Cc1ccc(C(=O)NCC2CCCC(Br)C2)cc1Cl. The Labute approximate surface area is 128 Å². The van der Waals surface area contributed by atoms with Gasteiger partial charge in [-0.3, -0.25) is 4.79 Å². The van der Waals surface area contributed by atoms with E-state index in [1.165, 1.54) is 19.3 Å². The summed E-state index contributed by atoms with van der Waals surface area (Å²) in [6.45, 7) is 2.69. The Morgan fingerprint density at radius 1 is 1.47 bits per heavy atom. The van der Waals surface area contributed by atoms with Gasteiger partial charge in [-0.1, -0.05) is 40.0 Å². The Bertz CT molecular complexity index is 463. The van der Waals surface area contributed by atoms with Gasteiger partial charge in [-0.05, 0) is 49.8 Å². The molecule has 0 spiro atoms. The van der Waals surface area contributed by atoms with Crippen LogP contribution in [0.2, 0.25) is 5.02 Å². The predicted octanol–water partition coefficient (Wildman–Crippen LogP) is 4.33. The number of carbonyl (C=O) groups is 1. The van der Waals surface area contributed by atoms with Gasteiger partial charge < -0.3 is 5.32 Å². The van der Waals surface area contributed by atoms with Gasteiger partial charge in [0, 0.05) is 22.0 Å². The van der Waals surface area contributed by atoms with Gasteiger partial charge in [0.05, 0.1) is 0 Å². The summed E-state index contributed by atoms with van der Waals surface area (Å²) in [7, 11) is 0. The molecule has 1 aromatic carbocycles. The fourth-order valence-electron chi connectivity index (χ4n) is 2.48. The minimum Gasteiger partial charge on any atom is -0.352 e. The molecule has 1 aliphatic carbocycles. The molecule has 2 rings (SSSR count). The Kier molecular flexibility index (Phi) is 5.28. The Morgan fingerprint density at radius 3 is 2.95 bits per heavy atom. The summed E-state index contributed by atoms with van der Waals surface area (Å²) in [6.07, 6.45) is 4.84. The fraction of sp³-hybridized carbons (Fsp3) is 0.533. The summed E-state index contributed by atoms with van der Waals surface area (Å²) in [5.74, 6) is 0.557. The van der Waals surface area contributed by atoms with Gasteiger partial charge in [-0.25, -0.2) is 0 Å². The summed E-state index contributed by atoms with van der Waals surface area (Å²) >= 11 is 9.71. The highest BCUT2D eigenvalue weighted by molar-refractivity contribution is 9.09. The van der Waals surface area contributed by atoms with Crippen LogP contribution in [-0.4, -0.2) is 17.3 Å². The van der Waals surface area contributed by atoms with E-state index in [0.717, 1.165) is 18.5 Å². The number of aryl methyl sites for hydroxylation is 1. The van der Waals surface area contributed by atoms with E-state index in [1.54, 1.807) is 6.07 Å². The van der Waals surface area contributed by atoms with Crippen molar-refractivity contribution in [1.29, 1.82) is 0 Å². The highest BCUT2D eigenvalue weighted by Gasteiger charge is 2.20. The monoisotopic (exact) mass is 343 g/mol. The molecule has 1 aromatic rings. The number of amides is 1. The molecule has 1 saturated carbocycles. The molecule has 0 saturated heterocycles. The maximum Gasteiger partial charge on any atom is 0.251 e. The van der Waals surface area contributed by atoms with E-state index in [4.69, 9.17) is 11.6 Å². The van der Waals surface area contributed by atoms with Crippen LogP contribution in [-0.2, 0) is 0 Å². The third-order valence-electron chi connectivity index (χ3n) is 3.70. The minimum atomic E-state index is -0.0291. The van der Waals surface area contributed by atoms with Crippen molar-refractivity contribution >= 4 is 33.4 Å². The lowest BCUT2D eigenvalue weighted by molar-refractivity contribution is 0.0944. The minimum absolute atomic E-state index is 0.0291. The van der Waals surface area contributed by atoms with E-state index in [1.807, 2.05) is 19.1 Å². The molecular weight excluding hydrogens is 326 g/mol. The molecule has 2 atom stereocenters. The van der Waals surface area contributed by atoms with Crippen LogP contribution in [0.5, 0.6) is 0 Å². The number of nitrogens with one attached hydrogen (secondary N) is 1. The van der Waals surface area contributed by atoms with E-state index in [9.17, 15) is 4.79 Å². The lowest BCUT2D eigenvalue weighted by Crippen LogP contribution is -2.31. The van der Waals surface area contributed by atoms with Crippen LogP contribution in [0.3, 0.4) is 0 Å². The second-order valence-electron chi connectivity index (χ2n) is 5.30. The Hall–Kier alpha value is -0.540. The van der Waals surface area contributed by atoms with Crippen molar-refractivity contribution in [2.24, 2.45) is 5.92 Å². The van der Waals surface area contributed by atoms with E-state index >= 15 is 0 Å². The molecule has 0 aromatic heterocycles. The summed E-state index contributed by atoms with van der Waals surface area (Å²) in [5.41, 5.74) is 1.63. The van der Waals surface area contributed by atoms with E-state index in [2.05, 4.69) is 21.2 Å². The largest absolute Gasteiger partial charge is 0.352 e.